The molecule has 10 heavy (non-hydrogen) atoms. The Bertz CT molecular complexity index is 131. The zero-order valence-electron chi connectivity index (χ0n) is 6.13. The molecule has 0 aromatic heterocycles. The summed E-state index contributed by atoms with van der Waals surface area (Å²) in [6.45, 7) is 1.99. The smallest absolute Gasteiger partial charge is 0.0721 e. The summed E-state index contributed by atoms with van der Waals surface area (Å²) in [6, 6.07) is 0. The molecule has 3 atom stereocenters. The molecule has 58 valence electrons. The molecule has 0 heterocycles. The maximum absolute atomic E-state index is 9.08. The van der Waals surface area contributed by atoms with Gasteiger partial charge in [0, 0.05) is 5.38 Å². The molecule has 3 unspecified atom stereocenters. The summed E-state index contributed by atoms with van der Waals surface area (Å²) in [4.78, 5) is 0. The van der Waals surface area contributed by atoms with E-state index in [-0.39, 0.29) is 11.5 Å². The van der Waals surface area contributed by atoms with E-state index < -0.39 is 0 Å². The van der Waals surface area contributed by atoms with Crippen LogP contribution in [0.2, 0.25) is 0 Å². The topological polar surface area (TPSA) is 20.2 Å². The van der Waals surface area contributed by atoms with Crippen LogP contribution >= 0.6 is 11.6 Å². The predicted octanol–water partition coefficient (Wildman–Crippen LogP) is 1.94. The molecule has 2 heteroatoms. The highest BCUT2D eigenvalue weighted by molar-refractivity contribution is 6.20. The summed E-state index contributed by atoms with van der Waals surface area (Å²) in [5.41, 5.74) is 0. The highest BCUT2D eigenvalue weighted by atomic mass is 35.5. The van der Waals surface area contributed by atoms with Crippen molar-refractivity contribution in [2.75, 3.05) is 0 Å². The molecule has 0 bridgehead atoms. The van der Waals surface area contributed by atoms with Gasteiger partial charge < -0.3 is 5.11 Å². The van der Waals surface area contributed by atoms with Gasteiger partial charge in [-0.2, -0.15) is 0 Å². The Balaban J connectivity index is 2.45. The molecule has 0 amide bonds. The Kier molecular flexibility index (Phi) is 2.75. The van der Waals surface area contributed by atoms with Gasteiger partial charge in [-0.25, -0.2) is 0 Å². The Morgan fingerprint density at radius 1 is 1.50 bits per heavy atom. The van der Waals surface area contributed by atoms with E-state index in [1.54, 1.807) is 0 Å². The lowest BCUT2D eigenvalue weighted by Crippen LogP contribution is -2.17. The minimum Gasteiger partial charge on any atom is -0.389 e. The van der Waals surface area contributed by atoms with Crippen molar-refractivity contribution in [2.45, 2.75) is 31.2 Å². The number of hydrogen-bond acceptors (Lipinski definition) is 1. The maximum atomic E-state index is 9.08. The van der Waals surface area contributed by atoms with Gasteiger partial charge in [0.1, 0.15) is 0 Å². The zero-order chi connectivity index (χ0) is 7.56. The Hall–Kier alpha value is -0.0100. The first-order chi connectivity index (χ1) is 4.70. The van der Waals surface area contributed by atoms with Gasteiger partial charge in [-0.15, -0.1) is 11.6 Å². The SMILES string of the molecule is CC(Cl)C1C=CC(O)CC1. The number of aliphatic hydroxyl groups excluding tert-OH is 1. The lowest BCUT2D eigenvalue weighted by atomic mass is 9.92. The number of alkyl halides is 1. The van der Waals surface area contributed by atoms with Crippen molar-refractivity contribution in [3.8, 4) is 0 Å². The summed E-state index contributed by atoms with van der Waals surface area (Å²) in [6.07, 6.45) is 5.51. The third-order valence-electron chi connectivity index (χ3n) is 1.97. The molecular formula is C8H13ClO. The van der Waals surface area contributed by atoms with E-state index in [4.69, 9.17) is 16.7 Å². The third kappa shape index (κ3) is 1.99. The fourth-order valence-electron chi connectivity index (χ4n) is 1.21. The van der Waals surface area contributed by atoms with E-state index in [1.165, 1.54) is 0 Å². The first-order valence-electron chi connectivity index (χ1n) is 3.70. The summed E-state index contributed by atoms with van der Waals surface area (Å²) in [5, 5.41) is 9.28. The molecule has 0 saturated heterocycles. The van der Waals surface area contributed by atoms with E-state index >= 15 is 0 Å². The van der Waals surface area contributed by atoms with Crippen LogP contribution in [0, 0.1) is 5.92 Å². The van der Waals surface area contributed by atoms with Gasteiger partial charge in [-0.1, -0.05) is 12.2 Å². The Morgan fingerprint density at radius 2 is 2.20 bits per heavy atom. The fraction of sp³-hybridized carbons (Fsp3) is 0.750. The number of halogens is 1. The van der Waals surface area contributed by atoms with Gasteiger partial charge in [0.15, 0.2) is 0 Å². The van der Waals surface area contributed by atoms with Crippen LogP contribution in [0.4, 0.5) is 0 Å². The van der Waals surface area contributed by atoms with Crippen LogP contribution in [-0.4, -0.2) is 16.6 Å². The Labute approximate surface area is 66.7 Å². The van der Waals surface area contributed by atoms with Crippen molar-refractivity contribution in [3.63, 3.8) is 0 Å². The van der Waals surface area contributed by atoms with Crippen molar-refractivity contribution in [1.29, 1.82) is 0 Å². The standard InChI is InChI=1S/C8H13ClO/c1-6(9)7-2-4-8(10)5-3-7/h2,4,6-8,10H,3,5H2,1H3. The van der Waals surface area contributed by atoms with Crippen molar-refractivity contribution in [2.24, 2.45) is 5.92 Å². The van der Waals surface area contributed by atoms with Crippen molar-refractivity contribution >= 4 is 11.6 Å². The highest BCUT2D eigenvalue weighted by Crippen LogP contribution is 2.23. The second kappa shape index (κ2) is 3.40. The van der Waals surface area contributed by atoms with Crippen LogP contribution in [0.1, 0.15) is 19.8 Å². The normalized spacial score (nSPS) is 35.9. The molecule has 0 saturated carbocycles. The van der Waals surface area contributed by atoms with E-state index in [2.05, 4.69) is 0 Å². The van der Waals surface area contributed by atoms with Crippen LogP contribution < -0.4 is 0 Å². The minimum absolute atomic E-state index is 0.198. The number of hydrogen-bond donors (Lipinski definition) is 1. The van der Waals surface area contributed by atoms with Gasteiger partial charge >= 0.3 is 0 Å². The summed E-state index contributed by atoms with van der Waals surface area (Å²) >= 11 is 5.87. The molecular weight excluding hydrogens is 148 g/mol. The van der Waals surface area contributed by atoms with E-state index in [0.29, 0.717) is 5.92 Å². The number of aliphatic hydroxyl groups is 1. The monoisotopic (exact) mass is 160 g/mol. The largest absolute Gasteiger partial charge is 0.389 e. The highest BCUT2D eigenvalue weighted by Gasteiger charge is 2.17. The van der Waals surface area contributed by atoms with Gasteiger partial charge in [-0.05, 0) is 25.7 Å². The number of allylic oxidation sites excluding steroid dienone is 1. The molecule has 0 aromatic carbocycles. The van der Waals surface area contributed by atoms with Gasteiger partial charge in [0.25, 0.3) is 0 Å². The number of rotatable bonds is 1. The summed E-state index contributed by atoms with van der Waals surface area (Å²) in [5.74, 6) is 0.463. The van der Waals surface area contributed by atoms with Crippen LogP contribution in [0.25, 0.3) is 0 Å². The molecule has 1 N–H and O–H groups in total. The van der Waals surface area contributed by atoms with E-state index in [1.807, 2.05) is 19.1 Å². The predicted molar refractivity (Wildman–Crippen MR) is 43.2 cm³/mol. The maximum Gasteiger partial charge on any atom is 0.0721 e. The molecule has 0 aromatic rings. The fourth-order valence-corrected chi connectivity index (χ4v) is 1.42. The molecule has 0 aliphatic heterocycles. The van der Waals surface area contributed by atoms with E-state index in [9.17, 15) is 0 Å². The quantitative estimate of drug-likeness (QED) is 0.459. The van der Waals surface area contributed by atoms with Crippen LogP contribution in [0.5, 0.6) is 0 Å². The molecule has 0 spiro atoms. The minimum atomic E-state index is -0.230. The lowest BCUT2D eigenvalue weighted by Gasteiger charge is -2.20. The van der Waals surface area contributed by atoms with Crippen molar-refractivity contribution in [3.05, 3.63) is 12.2 Å². The molecule has 0 fully saturated rings. The van der Waals surface area contributed by atoms with Crippen molar-refractivity contribution < 1.29 is 5.11 Å². The third-order valence-corrected chi connectivity index (χ3v) is 2.29. The summed E-state index contributed by atoms with van der Waals surface area (Å²) in [7, 11) is 0. The summed E-state index contributed by atoms with van der Waals surface area (Å²) < 4.78 is 0. The van der Waals surface area contributed by atoms with Gasteiger partial charge in [0.05, 0.1) is 6.10 Å². The molecule has 1 aliphatic carbocycles. The average molecular weight is 161 g/mol. The van der Waals surface area contributed by atoms with Crippen molar-refractivity contribution in [1.82, 2.24) is 0 Å². The second-order valence-corrected chi connectivity index (χ2v) is 3.56. The molecule has 1 rings (SSSR count). The van der Waals surface area contributed by atoms with E-state index in [0.717, 1.165) is 12.8 Å². The molecule has 1 aliphatic rings. The lowest BCUT2D eigenvalue weighted by molar-refractivity contribution is 0.194. The van der Waals surface area contributed by atoms with Crippen LogP contribution in [0.15, 0.2) is 12.2 Å². The average Bonchev–Trinajstić information content (AvgIpc) is 1.88. The Morgan fingerprint density at radius 3 is 2.60 bits per heavy atom. The first kappa shape index (κ1) is 8.09. The second-order valence-electron chi connectivity index (χ2n) is 2.87. The molecule has 0 radical (unpaired) electrons. The molecule has 1 nitrogen and oxygen atoms in total. The van der Waals surface area contributed by atoms with Gasteiger partial charge in [0.2, 0.25) is 0 Å². The van der Waals surface area contributed by atoms with Crippen LogP contribution in [-0.2, 0) is 0 Å². The van der Waals surface area contributed by atoms with Gasteiger partial charge in [-0.3, -0.25) is 0 Å². The van der Waals surface area contributed by atoms with Crippen LogP contribution in [0.3, 0.4) is 0 Å². The first-order valence-corrected chi connectivity index (χ1v) is 4.14. The zero-order valence-corrected chi connectivity index (χ0v) is 6.88.